The lowest BCUT2D eigenvalue weighted by Crippen LogP contribution is -2.20. The van der Waals surface area contributed by atoms with E-state index in [9.17, 15) is 0 Å². The fourth-order valence-electron chi connectivity index (χ4n) is 4.03. The first-order chi connectivity index (χ1) is 8.89. The van der Waals surface area contributed by atoms with E-state index in [1.54, 1.807) is 33.4 Å². The Morgan fingerprint density at radius 3 is 2.16 bits per heavy atom. The fraction of sp³-hybridized carbons (Fsp3) is 0.684. The van der Waals surface area contributed by atoms with E-state index in [2.05, 4.69) is 34.6 Å². The second kappa shape index (κ2) is 4.36. The molecule has 0 saturated heterocycles. The maximum Gasteiger partial charge on any atom is -0.0126 e. The summed E-state index contributed by atoms with van der Waals surface area (Å²) in [5.74, 6) is 0.985. The van der Waals surface area contributed by atoms with Gasteiger partial charge in [0, 0.05) is 0 Å². The maximum absolute atomic E-state index is 2.41. The van der Waals surface area contributed by atoms with Gasteiger partial charge in [-0.3, -0.25) is 0 Å². The van der Waals surface area contributed by atoms with Crippen molar-refractivity contribution in [3.63, 3.8) is 0 Å². The molecule has 0 spiro atoms. The molecule has 2 aliphatic rings. The summed E-state index contributed by atoms with van der Waals surface area (Å²) in [7, 11) is 0. The zero-order valence-corrected chi connectivity index (χ0v) is 13.3. The molecule has 1 fully saturated rings. The second-order valence-electron chi connectivity index (χ2n) is 7.81. The molecule has 0 aliphatic heterocycles. The Balaban J connectivity index is 2.22. The Morgan fingerprint density at radius 1 is 0.947 bits per heavy atom. The minimum Gasteiger partial charge on any atom is -0.0561 e. The number of fused-ring (bicyclic) bond motifs is 1. The van der Waals surface area contributed by atoms with Crippen LogP contribution in [0.1, 0.15) is 73.4 Å². The van der Waals surface area contributed by atoms with Crippen molar-refractivity contribution in [3.05, 3.63) is 33.4 Å². The first-order valence-electron chi connectivity index (χ1n) is 8.04. The molecule has 0 N–H and O–H groups in total. The van der Waals surface area contributed by atoms with Crippen LogP contribution in [0.4, 0.5) is 0 Å². The third kappa shape index (κ3) is 2.24. The van der Waals surface area contributed by atoms with Crippen LogP contribution in [0.3, 0.4) is 0 Å². The topological polar surface area (TPSA) is 0 Å². The van der Waals surface area contributed by atoms with Gasteiger partial charge in [-0.05, 0) is 97.1 Å². The van der Waals surface area contributed by atoms with E-state index in [0.29, 0.717) is 5.41 Å². The van der Waals surface area contributed by atoms with Crippen molar-refractivity contribution in [2.24, 2.45) is 5.92 Å². The molecule has 0 aromatic heterocycles. The van der Waals surface area contributed by atoms with Crippen LogP contribution in [0.2, 0.25) is 0 Å². The zero-order chi connectivity index (χ0) is 13.8. The second-order valence-corrected chi connectivity index (χ2v) is 7.81. The molecule has 1 saturated carbocycles. The third-order valence-corrected chi connectivity index (χ3v) is 5.23. The molecule has 0 radical (unpaired) electrons. The molecule has 0 heteroatoms. The molecule has 1 aromatic rings. The summed E-state index contributed by atoms with van der Waals surface area (Å²) in [5, 5.41) is 0. The molecular formula is C19H28. The highest BCUT2D eigenvalue weighted by Crippen LogP contribution is 2.43. The Bertz CT molecular complexity index is 510. The Labute approximate surface area is 118 Å². The largest absolute Gasteiger partial charge is 0.0561 e. The fourth-order valence-corrected chi connectivity index (χ4v) is 4.03. The maximum atomic E-state index is 2.41. The third-order valence-electron chi connectivity index (χ3n) is 5.23. The lowest BCUT2D eigenvalue weighted by molar-refractivity contribution is 0.571. The average molecular weight is 256 g/mol. The molecule has 0 heterocycles. The van der Waals surface area contributed by atoms with Crippen LogP contribution < -0.4 is 0 Å². The van der Waals surface area contributed by atoms with E-state index >= 15 is 0 Å². The van der Waals surface area contributed by atoms with Crippen molar-refractivity contribution in [2.45, 2.75) is 78.6 Å². The van der Waals surface area contributed by atoms with Crippen LogP contribution in [-0.2, 0) is 24.7 Å². The molecule has 104 valence electrons. The highest BCUT2D eigenvalue weighted by atomic mass is 14.4. The summed E-state index contributed by atoms with van der Waals surface area (Å²) >= 11 is 0. The van der Waals surface area contributed by atoms with Gasteiger partial charge in [-0.25, -0.2) is 0 Å². The van der Waals surface area contributed by atoms with E-state index in [0.717, 1.165) is 5.92 Å². The molecule has 1 aromatic carbocycles. The quantitative estimate of drug-likeness (QED) is 0.695. The average Bonchev–Trinajstić information content (AvgIpc) is 2.99. The van der Waals surface area contributed by atoms with Crippen molar-refractivity contribution >= 4 is 0 Å². The van der Waals surface area contributed by atoms with Crippen LogP contribution in [0.15, 0.2) is 0 Å². The molecule has 2 aliphatic carbocycles. The van der Waals surface area contributed by atoms with Crippen LogP contribution >= 0.6 is 0 Å². The summed E-state index contributed by atoms with van der Waals surface area (Å²) in [6, 6.07) is 0. The van der Waals surface area contributed by atoms with E-state index < -0.39 is 0 Å². The van der Waals surface area contributed by atoms with E-state index in [-0.39, 0.29) is 0 Å². The van der Waals surface area contributed by atoms with Gasteiger partial charge in [-0.15, -0.1) is 0 Å². The standard InChI is InChI=1S/C19H28/c1-12-13(2)17(11-14-9-10-14)18(19(3,4)5)16-8-6-7-15(12)16/h14H,6-11H2,1-5H3. The zero-order valence-electron chi connectivity index (χ0n) is 13.3. The van der Waals surface area contributed by atoms with Crippen molar-refractivity contribution in [1.29, 1.82) is 0 Å². The minimum atomic E-state index is 0.303. The van der Waals surface area contributed by atoms with Gasteiger partial charge in [-0.1, -0.05) is 20.8 Å². The van der Waals surface area contributed by atoms with Crippen LogP contribution in [0.5, 0.6) is 0 Å². The monoisotopic (exact) mass is 256 g/mol. The van der Waals surface area contributed by atoms with Crippen LogP contribution in [0.25, 0.3) is 0 Å². The molecule has 0 atom stereocenters. The predicted molar refractivity (Wildman–Crippen MR) is 83.1 cm³/mol. The SMILES string of the molecule is Cc1c(C)c(CC2CC2)c(C(C)(C)C)c2c1CCC2. The highest BCUT2D eigenvalue weighted by molar-refractivity contribution is 5.55. The number of rotatable bonds is 2. The predicted octanol–water partition coefficient (Wildman–Crippen LogP) is 5.04. The molecule has 19 heavy (non-hydrogen) atoms. The smallest absolute Gasteiger partial charge is 0.0126 e. The van der Waals surface area contributed by atoms with Crippen LogP contribution in [-0.4, -0.2) is 0 Å². The molecule has 0 bridgehead atoms. The van der Waals surface area contributed by atoms with Crippen molar-refractivity contribution in [2.75, 3.05) is 0 Å². The summed E-state index contributed by atoms with van der Waals surface area (Å²) < 4.78 is 0. The first-order valence-corrected chi connectivity index (χ1v) is 8.04. The van der Waals surface area contributed by atoms with Gasteiger partial charge < -0.3 is 0 Å². The number of hydrogen-bond donors (Lipinski definition) is 0. The van der Waals surface area contributed by atoms with Crippen molar-refractivity contribution < 1.29 is 0 Å². The summed E-state index contributed by atoms with van der Waals surface area (Å²) in [5.41, 5.74) is 10.4. The van der Waals surface area contributed by atoms with Gasteiger partial charge >= 0.3 is 0 Å². The molecule has 0 nitrogen and oxygen atoms in total. The van der Waals surface area contributed by atoms with Gasteiger partial charge in [0.25, 0.3) is 0 Å². The van der Waals surface area contributed by atoms with E-state index in [1.807, 2.05) is 0 Å². The van der Waals surface area contributed by atoms with Crippen molar-refractivity contribution in [1.82, 2.24) is 0 Å². The van der Waals surface area contributed by atoms with E-state index in [4.69, 9.17) is 0 Å². The van der Waals surface area contributed by atoms with Gasteiger partial charge in [0.2, 0.25) is 0 Å². The summed E-state index contributed by atoms with van der Waals surface area (Å²) in [4.78, 5) is 0. The lowest BCUT2D eigenvalue weighted by atomic mass is 9.75. The molecule has 0 unspecified atom stereocenters. The van der Waals surface area contributed by atoms with Gasteiger partial charge in [0.15, 0.2) is 0 Å². The van der Waals surface area contributed by atoms with Crippen molar-refractivity contribution in [3.8, 4) is 0 Å². The highest BCUT2D eigenvalue weighted by Gasteiger charge is 2.32. The molecular weight excluding hydrogens is 228 g/mol. The summed E-state index contributed by atoms with van der Waals surface area (Å²) in [6.07, 6.45) is 8.26. The normalized spacial score (nSPS) is 18.8. The molecule has 3 rings (SSSR count). The first kappa shape index (κ1) is 13.2. The number of hydrogen-bond acceptors (Lipinski definition) is 0. The van der Waals surface area contributed by atoms with E-state index in [1.165, 1.54) is 38.5 Å². The lowest BCUT2D eigenvalue weighted by Gasteiger charge is -2.30. The van der Waals surface area contributed by atoms with Crippen LogP contribution in [0, 0.1) is 19.8 Å². The van der Waals surface area contributed by atoms with Gasteiger partial charge in [0.05, 0.1) is 0 Å². The Hall–Kier alpha value is -0.780. The van der Waals surface area contributed by atoms with Gasteiger partial charge in [0.1, 0.15) is 0 Å². The Morgan fingerprint density at radius 2 is 1.58 bits per heavy atom. The minimum absolute atomic E-state index is 0.303. The number of benzene rings is 1. The van der Waals surface area contributed by atoms with Gasteiger partial charge in [-0.2, -0.15) is 0 Å². The molecule has 0 amide bonds. The Kier molecular flexibility index (Phi) is 3.04. The summed E-state index contributed by atoms with van der Waals surface area (Å²) in [6.45, 7) is 12.0.